The summed E-state index contributed by atoms with van der Waals surface area (Å²) < 4.78 is 0. The minimum atomic E-state index is 0.503. The normalized spacial score (nSPS) is 14.9. The third-order valence-corrected chi connectivity index (χ3v) is 3.45. The maximum absolute atomic E-state index is 5.88. The van der Waals surface area contributed by atoms with Gasteiger partial charge in [0.2, 0.25) is 0 Å². The highest BCUT2D eigenvalue weighted by atomic mass is 35.5. The highest BCUT2D eigenvalue weighted by Gasteiger charge is 2.13. The van der Waals surface area contributed by atoms with Gasteiger partial charge in [-0.2, -0.15) is 0 Å². The summed E-state index contributed by atoms with van der Waals surface area (Å²) >= 11 is 5.88. The third kappa shape index (κ3) is 5.10. The number of hydrogen-bond donors (Lipinski definition) is 1. The van der Waals surface area contributed by atoms with Crippen LogP contribution in [0.4, 0.5) is 0 Å². The van der Waals surface area contributed by atoms with E-state index in [1.54, 1.807) is 0 Å². The van der Waals surface area contributed by atoms with Crippen LogP contribution >= 0.6 is 11.6 Å². The molecule has 1 aromatic rings. The molecule has 0 saturated heterocycles. The van der Waals surface area contributed by atoms with Crippen LogP contribution in [-0.4, -0.2) is 12.1 Å². The largest absolute Gasteiger partial charge is 0.311 e. The van der Waals surface area contributed by atoms with Crippen molar-refractivity contribution in [3.63, 3.8) is 0 Å². The van der Waals surface area contributed by atoms with Gasteiger partial charge in [-0.05, 0) is 43.4 Å². The number of hydrogen-bond acceptors (Lipinski definition) is 1. The van der Waals surface area contributed by atoms with Gasteiger partial charge >= 0.3 is 0 Å². The van der Waals surface area contributed by atoms with E-state index in [2.05, 4.69) is 45.1 Å². The molecule has 1 rings (SSSR count). The second kappa shape index (κ2) is 7.03. The first-order chi connectivity index (χ1) is 8.02. The minimum Gasteiger partial charge on any atom is -0.311 e. The molecule has 2 heteroatoms. The molecule has 0 saturated carbocycles. The number of benzene rings is 1. The molecule has 0 aliphatic heterocycles. The second-order valence-corrected chi connectivity index (χ2v) is 5.59. The van der Waals surface area contributed by atoms with Gasteiger partial charge in [0.25, 0.3) is 0 Å². The molecule has 0 heterocycles. The molecule has 0 aliphatic rings. The minimum absolute atomic E-state index is 0.503. The monoisotopic (exact) mass is 253 g/mol. The summed E-state index contributed by atoms with van der Waals surface area (Å²) in [5.74, 6) is 0.688. The predicted molar refractivity (Wildman–Crippen MR) is 76.7 cm³/mol. The Labute approximate surface area is 111 Å². The second-order valence-electron chi connectivity index (χ2n) is 5.16. The van der Waals surface area contributed by atoms with Gasteiger partial charge in [-0.1, -0.05) is 44.5 Å². The van der Waals surface area contributed by atoms with Crippen molar-refractivity contribution in [2.75, 3.05) is 0 Å². The summed E-state index contributed by atoms with van der Waals surface area (Å²) in [4.78, 5) is 0. The fourth-order valence-corrected chi connectivity index (χ4v) is 2.31. The zero-order valence-corrected chi connectivity index (χ0v) is 12.1. The SMILES string of the molecule is CCC(NC(C)Cc1ccc(Cl)cc1)C(C)C. The molecule has 0 fully saturated rings. The van der Waals surface area contributed by atoms with Crippen LogP contribution in [0.3, 0.4) is 0 Å². The zero-order valence-electron chi connectivity index (χ0n) is 11.3. The average molecular weight is 254 g/mol. The van der Waals surface area contributed by atoms with Gasteiger partial charge in [0.05, 0.1) is 0 Å². The van der Waals surface area contributed by atoms with E-state index in [-0.39, 0.29) is 0 Å². The summed E-state index contributed by atoms with van der Waals surface area (Å²) in [6.07, 6.45) is 2.24. The average Bonchev–Trinajstić information content (AvgIpc) is 2.28. The highest BCUT2D eigenvalue weighted by molar-refractivity contribution is 6.30. The topological polar surface area (TPSA) is 12.0 Å². The lowest BCUT2D eigenvalue weighted by Crippen LogP contribution is -2.40. The van der Waals surface area contributed by atoms with Crippen molar-refractivity contribution >= 4 is 11.6 Å². The van der Waals surface area contributed by atoms with E-state index < -0.39 is 0 Å². The predicted octanol–water partition coefficient (Wildman–Crippen LogP) is 4.30. The van der Waals surface area contributed by atoms with E-state index in [4.69, 9.17) is 11.6 Å². The lowest BCUT2D eigenvalue weighted by atomic mass is 9.99. The van der Waals surface area contributed by atoms with Crippen LogP contribution in [0.25, 0.3) is 0 Å². The van der Waals surface area contributed by atoms with Crippen molar-refractivity contribution in [2.45, 2.75) is 52.6 Å². The maximum atomic E-state index is 5.88. The molecule has 96 valence electrons. The summed E-state index contributed by atoms with van der Waals surface area (Å²) in [6, 6.07) is 9.25. The van der Waals surface area contributed by atoms with E-state index in [0.29, 0.717) is 18.0 Å². The Hall–Kier alpha value is -0.530. The number of rotatable bonds is 6. The fourth-order valence-electron chi connectivity index (χ4n) is 2.18. The maximum Gasteiger partial charge on any atom is 0.0406 e. The van der Waals surface area contributed by atoms with E-state index >= 15 is 0 Å². The molecule has 2 atom stereocenters. The molecule has 0 spiro atoms. The Morgan fingerprint density at radius 1 is 1.12 bits per heavy atom. The molecule has 17 heavy (non-hydrogen) atoms. The number of halogens is 1. The van der Waals surface area contributed by atoms with Gasteiger partial charge in [-0.15, -0.1) is 0 Å². The van der Waals surface area contributed by atoms with E-state index in [0.717, 1.165) is 11.4 Å². The van der Waals surface area contributed by atoms with Crippen molar-refractivity contribution < 1.29 is 0 Å². The van der Waals surface area contributed by atoms with Crippen LogP contribution in [0.2, 0.25) is 5.02 Å². The van der Waals surface area contributed by atoms with Crippen molar-refractivity contribution in [3.05, 3.63) is 34.9 Å². The molecule has 1 nitrogen and oxygen atoms in total. The highest BCUT2D eigenvalue weighted by Crippen LogP contribution is 2.12. The fraction of sp³-hybridized carbons (Fsp3) is 0.600. The molecule has 0 aromatic heterocycles. The Morgan fingerprint density at radius 3 is 2.18 bits per heavy atom. The van der Waals surface area contributed by atoms with Gasteiger partial charge in [0, 0.05) is 17.1 Å². The van der Waals surface area contributed by atoms with Crippen molar-refractivity contribution in [1.82, 2.24) is 5.32 Å². The van der Waals surface area contributed by atoms with Crippen molar-refractivity contribution in [2.24, 2.45) is 5.92 Å². The van der Waals surface area contributed by atoms with Crippen LogP contribution in [0.5, 0.6) is 0 Å². The van der Waals surface area contributed by atoms with Crippen LogP contribution in [0.1, 0.15) is 39.7 Å². The number of nitrogens with one attached hydrogen (secondary N) is 1. The summed E-state index contributed by atoms with van der Waals surface area (Å²) in [5, 5.41) is 4.50. The molecular formula is C15H24ClN. The Kier molecular flexibility index (Phi) is 6.01. The van der Waals surface area contributed by atoms with Crippen LogP contribution in [0.15, 0.2) is 24.3 Å². The zero-order chi connectivity index (χ0) is 12.8. The smallest absolute Gasteiger partial charge is 0.0406 e. The van der Waals surface area contributed by atoms with E-state index in [9.17, 15) is 0 Å². The molecule has 1 aromatic carbocycles. The van der Waals surface area contributed by atoms with Gasteiger partial charge < -0.3 is 5.32 Å². The van der Waals surface area contributed by atoms with Gasteiger partial charge in [-0.25, -0.2) is 0 Å². The summed E-state index contributed by atoms with van der Waals surface area (Å²) in [7, 11) is 0. The molecule has 0 amide bonds. The van der Waals surface area contributed by atoms with Gasteiger partial charge in [0.15, 0.2) is 0 Å². The first-order valence-electron chi connectivity index (χ1n) is 6.53. The standard InChI is InChI=1S/C15H24ClN/c1-5-15(11(2)3)17-12(4)10-13-6-8-14(16)9-7-13/h6-9,11-12,15,17H,5,10H2,1-4H3. The van der Waals surface area contributed by atoms with Crippen LogP contribution in [-0.2, 0) is 6.42 Å². The van der Waals surface area contributed by atoms with E-state index in [1.165, 1.54) is 12.0 Å². The lowest BCUT2D eigenvalue weighted by molar-refractivity contribution is 0.351. The first kappa shape index (κ1) is 14.5. The molecule has 0 bridgehead atoms. The molecule has 0 radical (unpaired) electrons. The Bertz CT molecular complexity index is 318. The van der Waals surface area contributed by atoms with Gasteiger partial charge in [0.1, 0.15) is 0 Å². The van der Waals surface area contributed by atoms with Gasteiger partial charge in [-0.3, -0.25) is 0 Å². The summed E-state index contributed by atoms with van der Waals surface area (Å²) in [6.45, 7) is 9.04. The molecule has 1 N–H and O–H groups in total. The molecule has 0 aliphatic carbocycles. The quantitative estimate of drug-likeness (QED) is 0.797. The summed E-state index contributed by atoms with van der Waals surface area (Å²) in [5.41, 5.74) is 1.34. The Morgan fingerprint density at radius 2 is 1.71 bits per heavy atom. The van der Waals surface area contributed by atoms with E-state index in [1.807, 2.05) is 12.1 Å². The molecule has 2 unspecified atom stereocenters. The lowest BCUT2D eigenvalue weighted by Gasteiger charge is -2.25. The van der Waals surface area contributed by atoms with Crippen LogP contribution in [0, 0.1) is 5.92 Å². The molecular weight excluding hydrogens is 230 g/mol. The van der Waals surface area contributed by atoms with Crippen molar-refractivity contribution in [1.29, 1.82) is 0 Å². The third-order valence-electron chi connectivity index (χ3n) is 3.20. The Balaban J connectivity index is 2.48. The first-order valence-corrected chi connectivity index (χ1v) is 6.91. The van der Waals surface area contributed by atoms with Crippen LogP contribution < -0.4 is 5.32 Å². The van der Waals surface area contributed by atoms with Crippen molar-refractivity contribution in [3.8, 4) is 0 Å².